The van der Waals surface area contributed by atoms with E-state index in [2.05, 4.69) is 15.6 Å². The fraction of sp³-hybridized carbons (Fsp3) is 0.0952. The molecule has 0 unspecified atom stereocenters. The van der Waals surface area contributed by atoms with Gasteiger partial charge in [-0.1, -0.05) is 41.9 Å². The predicted molar refractivity (Wildman–Crippen MR) is 107 cm³/mol. The van der Waals surface area contributed by atoms with Gasteiger partial charge >= 0.3 is 0 Å². The number of nitrogens with one attached hydrogen (secondary N) is 2. The molecule has 2 amide bonds. The van der Waals surface area contributed by atoms with Crippen LogP contribution in [0.1, 0.15) is 26.4 Å². The Morgan fingerprint density at radius 3 is 2.50 bits per heavy atom. The normalized spacial score (nSPS) is 10.2. The Morgan fingerprint density at radius 1 is 1.00 bits per heavy atom. The molecule has 0 atom stereocenters. The summed E-state index contributed by atoms with van der Waals surface area (Å²) in [5.74, 6) is 0.220. The minimum absolute atomic E-state index is 0.231. The Bertz CT molecular complexity index is 993. The molecule has 0 bridgehead atoms. The average Bonchev–Trinajstić information content (AvgIpc) is 2.73. The van der Waals surface area contributed by atoms with Crippen molar-refractivity contribution in [3.8, 4) is 11.5 Å². The Labute approximate surface area is 167 Å². The molecule has 0 saturated carbocycles. The highest BCUT2D eigenvalue weighted by atomic mass is 35.5. The topological polar surface area (TPSA) is 80.3 Å². The van der Waals surface area contributed by atoms with Crippen LogP contribution in [0.2, 0.25) is 5.02 Å². The molecule has 28 heavy (non-hydrogen) atoms. The molecule has 0 aliphatic heterocycles. The van der Waals surface area contributed by atoms with Gasteiger partial charge in [0.25, 0.3) is 11.8 Å². The van der Waals surface area contributed by atoms with Crippen LogP contribution in [-0.2, 0) is 6.54 Å². The molecule has 0 radical (unpaired) electrons. The monoisotopic (exact) mass is 395 g/mol. The molecule has 6 nitrogen and oxygen atoms in total. The molecule has 0 saturated heterocycles. The minimum atomic E-state index is -0.317. The van der Waals surface area contributed by atoms with Gasteiger partial charge in [0.2, 0.25) is 0 Å². The summed E-state index contributed by atoms with van der Waals surface area (Å²) < 4.78 is 5.76. The van der Waals surface area contributed by atoms with Gasteiger partial charge in [0.15, 0.2) is 0 Å². The van der Waals surface area contributed by atoms with E-state index >= 15 is 0 Å². The maximum absolute atomic E-state index is 12.5. The first-order chi connectivity index (χ1) is 13.6. The molecule has 0 fully saturated rings. The molecular weight excluding hydrogens is 378 g/mol. The Morgan fingerprint density at radius 2 is 1.75 bits per heavy atom. The van der Waals surface area contributed by atoms with Crippen LogP contribution in [0.5, 0.6) is 11.5 Å². The van der Waals surface area contributed by atoms with E-state index in [1.54, 1.807) is 24.3 Å². The molecule has 142 valence electrons. The highest BCUT2D eigenvalue weighted by Gasteiger charge is 2.13. The van der Waals surface area contributed by atoms with Crippen molar-refractivity contribution in [2.24, 2.45) is 0 Å². The van der Waals surface area contributed by atoms with Crippen LogP contribution in [0.15, 0.2) is 66.9 Å². The van der Waals surface area contributed by atoms with Gasteiger partial charge in [0.05, 0.1) is 10.6 Å². The molecule has 1 aromatic heterocycles. The quantitative estimate of drug-likeness (QED) is 0.665. The van der Waals surface area contributed by atoms with Crippen molar-refractivity contribution < 1.29 is 14.3 Å². The summed E-state index contributed by atoms with van der Waals surface area (Å²) in [6, 6.07) is 17.5. The third-order valence-corrected chi connectivity index (χ3v) is 4.23. The number of hydrogen-bond acceptors (Lipinski definition) is 4. The Kier molecular flexibility index (Phi) is 6.24. The highest BCUT2D eigenvalue weighted by Crippen LogP contribution is 2.26. The molecule has 0 aliphatic rings. The fourth-order valence-corrected chi connectivity index (χ4v) is 2.68. The first kappa shape index (κ1) is 19.4. The van der Waals surface area contributed by atoms with E-state index in [-0.39, 0.29) is 17.5 Å². The number of halogens is 1. The van der Waals surface area contributed by atoms with Gasteiger partial charge in [-0.15, -0.1) is 0 Å². The zero-order chi connectivity index (χ0) is 19.9. The number of ether oxygens (including phenoxy) is 1. The summed E-state index contributed by atoms with van der Waals surface area (Å²) in [6.07, 6.45) is 1.48. The Hall–Kier alpha value is -3.38. The average molecular weight is 396 g/mol. The van der Waals surface area contributed by atoms with Gasteiger partial charge in [-0.3, -0.25) is 14.6 Å². The first-order valence-corrected chi connectivity index (χ1v) is 8.92. The molecule has 0 spiro atoms. The van der Waals surface area contributed by atoms with E-state index in [0.717, 1.165) is 5.56 Å². The first-order valence-electron chi connectivity index (χ1n) is 8.54. The number of pyridine rings is 1. The maximum Gasteiger partial charge on any atom is 0.269 e. The lowest BCUT2D eigenvalue weighted by Crippen LogP contribution is -2.23. The van der Waals surface area contributed by atoms with Crippen molar-refractivity contribution in [2.45, 2.75) is 6.54 Å². The zero-order valence-electron chi connectivity index (χ0n) is 15.1. The van der Waals surface area contributed by atoms with Gasteiger partial charge in [0, 0.05) is 25.9 Å². The minimum Gasteiger partial charge on any atom is -0.457 e. The number of carbonyl (C=O) groups excluding carboxylic acids is 2. The van der Waals surface area contributed by atoms with E-state index in [4.69, 9.17) is 16.3 Å². The zero-order valence-corrected chi connectivity index (χ0v) is 15.9. The second kappa shape index (κ2) is 9.01. The van der Waals surface area contributed by atoms with Gasteiger partial charge in [-0.2, -0.15) is 0 Å². The van der Waals surface area contributed by atoms with Crippen LogP contribution in [-0.4, -0.2) is 23.8 Å². The van der Waals surface area contributed by atoms with E-state index in [1.807, 2.05) is 30.3 Å². The van der Waals surface area contributed by atoms with Gasteiger partial charge in [-0.25, -0.2) is 0 Å². The van der Waals surface area contributed by atoms with Crippen molar-refractivity contribution in [3.05, 3.63) is 88.7 Å². The summed E-state index contributed by atoms with van der Waals surface area (Å²) >= 11 is 6.18. The van der Waals surface area contributed by atoms with E-state index < -0.39 is 0 Å². The molecule has 7 heteroatoms. The number of rotatable bonds is 6. The second-order valence-electron chi connectivity index (χ2n) is 5.87. The van der Waals surface area contributed by atoms with Crippen molar-refractivity contribution in [2.75, 3.05) is 7.05 Å². The van der Waals surface area contributed by atoms with Crippen LogP contribution in [0.3, 0.4) is 0 Å². The predicted octanol–water partition coefficient (Wildman–Crippen LogP) is 3.82. The summed E-state index contributed by atoms with van der Waals surface area (Å²) in [6.45, 7) is 0.390. The smallest absolute Gasteiger partial charge is 0.269 e. The summed E-state index contributed by atoms with van der Waals surface area (Å²) in [5.41, 5.74) is 1.52. The van der Waals surface area contributed by atoms with E-state index in [0.29, 0.717) is 28.6 Å². The number of hydrogen-bond donors (Lipinski definition) is 2. The van der Waals surface area contributed by atoms with Crippen LogP contribution in [0.25, 0.3) is 0 Å². The third-order valence-electron chi connectivity index (χ3n) is 3.91. The van der Waals surface area contributed by atoms with Gasteiger partial charge < -0.3 is 15.4 Å². The molecule has 3 rings (SSSR count). The lowest BCUT2D eigenvalue weighted by molar-refractivity contribution is 0.0946. The van der Waals surface area contributed by atoms with E-state index in [9.17, 15) is 9.59 Å². The number of carbonyl (C=O) groups is 2. The van der Waals surface area contributed by atoms with Crippen molar-refractivity contribution in [1.82, 2.24) is 15.6 Å². The van der Waals surface area contributed by atoms with Crippen LogP contribution >= 0.6 is 11.6 Å². The molecule has 1 heterocycles. The summed E-state index contributed by atoms with van der Waals surface area (Å²) in [4.78, 5) is 28.2. The van der Waals surface area contributed by atoms with Crippen molar-refractivity contribution >= 4 is 23.4 Å². The van der Waals surface area contributed by atoms with Crippen molar-refractivity contribution in [3.63, 3.8) is 0 Å². The molecular formula is C21H18ClN3O3. The SMILES string of the molecule is CNC(=O)c1cc(Oc2ccc(Cl)c(C(=O)NCc3ccccc3)c2)ccn1. The maximum atomic E-state index is 12.5. The highest BCUT2D eigenvalue weighted by molar-refractivity contribution is 6.33. The van der Waals surface area contributed by atoms with Crippen LogP contribution in [0.4, 0.5) is 0 Å². The second-order valence-corrected chi connectivity index (χ2v) is 6.28. The number of aromatic nitrogens is 1. The fourth-order valence-electron chi connectivity index (χ4n) is 2.48. The largest absolute Gasteiger partial charge is 0.457 e. The standard InChI is InChI=1S/C21H18ClN3O3/c1-23-21(27)19-12-16(9-10-24-19)28-15-7-8-18(22)17(11-15)20(26)25-13-14-5-3-2-4-6-14/h2-12H,13H2,1H3,(H,23,27)(H,25,26). The number of amides is 2. The lowest BCUT2D eigenvalue weighted by atomic mass is 10.2. The van der Waals surface area contributed by atoms with Gasteiger partial charge in [0.1, 0.15) is 17.2 Å². The summed E-state index contributed by atoms with van der Waals surface area (Å²) in [5, 5.41) is 5.66. The molecule has 2 aromatic carbocycles. The number of nitrogens with zero attached hydrogens (tertiary/aromatic N) is 1. The summed E-state index contributed by atoms with van der Waals surface area (Å²) in [7, 11) is 1.52. The van der Waals surface area contributed by atoms with E-state index in [1.165, 1.54) is 19.3 Å². The molecule has 0 aliphatic carbocycles. The molecule has 3 aromatic rings. The van der Waals surface area contributed by atoms with Crippen molar-refractivity contribution in [1.29, 1.82) is 0 Å². The van der Waals surface area contributed by atoms with Crippen LogP contribution in [0, 0.1) is 0 Å². The molecule has 2 N–H and O–H groups in total. The Balaban J connectivity index is 1.74. The number of benzene rings is 2. The third kappa shape index (κ3) is 4.86. The lowest BCUT2D eigenvalue weighted by Gasteiger charge is -2.11. The van der Waals surface area contributed by atoms with Crippen LogP contribution < -0.4 is 15.4 Å². The van der Waals surface area contributed by atoms with Gasteiger partial charge in [-0.05, 0) is 29.8 Å².